The Kier molecular flexibility index (Phi) is 4.83. The van der Waals surface area contributed by atoms with Crippen LogP contribution in [0.15, 0.2) is 22.7 Å². The minimum Gasteiger partial charge on any atom is -0.493 e. The highest BCUT2D eigenvalue weighted by atomic mass is 79.9. The summed E-state index contributed by atoms with van der Waals surface area (Å²) < 4.78 is 6.76. The maximum atomic E-state index is 5.66. The second-order valence-electron chi connectivity index (χ2n) is 4.32. The molecule has 1 atom stereocenters. The van der Waals surface area contributed by atoms with Crippen LogP contribution in [-0.4, -0.2) is 19.7 Å². The van der Waals surface area contributed by atoms with Crippen LogP contribution in [0.1, 0.15) is 30.9 Å². The summed E-state index contributed by atoms with van der Waals surface area (Å²) in [5, 5.41) is 3.58. The average Bonchev–Trinajstić information content (AvgIpc) is 2.35. The van der Waals surface area contributed by atoms with Crippen molar-refractivity contribution in [2.45, 2.75) is 25.3 Å². The van der Waals surface area contributed by atoms with E-state index in [9.17, 15) is 0 Å². The van der Waals surface area contributed by atoms with Gasteiger partial charge in [0.15, 0.2) is 0 Å². The van der Waals surface area contributed by atoms with E-state index in [1.807, 2.05) is 12.1 Å². The lowest BCUT2D eigenvalue weighted by Crippen LogP contribution is -2.28. The molecule has 4 heteroatoms. The summed E-state index contributed by atoms with van der Waals surface area (Å²) in [5.74, 6) is 1.01. The molecular weight excluding hydrogens is 280 g/mol. The fourth-order valence-corrected chi connectivity index (χ4v) is 2.50. The normalized spacial score (nSPS) is 18.6. The number of halogens is 1. The van der Waals surface area contributed by atoms with Crippen LogP contribution in [-0.2, 0) is 0 Å². The molecule has 3 nitrogen and oxygen atoms in total. The Morgan fingerprint density at radius 3 is 3.12 bits per heavy atom. The zero-order valence-electron chi connectivity index (χ0n) is 9.92. The number of nitrogens with one attached hydrogen (secondary N) is 1. The van der Waals surface area contributed by atoms with Crippen LogP contribution in [0.5, 0.6) is 5.75 Å². The molecule has 1 aromatic carbocycles. The van der Waals surface area contributed by atoms with Crippen LogP contribution in [0.4, 0.5) is 0 Å². The molecule has 0 aliphatic carbocycles. The van der Waals surface area contributed by atoms with E-state index in [1.54, 1.807) is 0 Å². The molecule has 1 aliphatic rings. The molecule has 0 amide bonds. The van der Waals surface area contributed by atoms with E-state index in [0.29, 0.717) is 6.04 Å². The SMILES string of the molecule is NCCCCNC1CCOc2ccc(Br)cc21. The Morgan fingerprint density at radius 1 is 1.41 bits per heavy atom. The van der Waals surface area contributed by atoms with E-state index < -0.39 is 0 Å². The summed E-state index contributed by atoms with van der Waals surface area (Å²) in [5.41, 5.74) is 6.75. The van der Waals surface area contributed by atoms with Crippen molar-refractivity contribution in [2.75, 3.05) is 19.7 Å². The van der Waals surface area contributed by atoms with Crippen LogP contribution < -0.4 is 15.8 Å². The third kappa shape index (κ3) is 3.44. The van der Waals surface area contributed by atoms with Gasteiger partial charge in [0.1, 0.15) is 5.75 Å². The summed E-state index contributed by atoms with van der Waals surface area (Å²) in [6.07, 6.45) is 3.25. The molecule has 0 saturated carbocycles. The Bertz CT molecular complexity index is 370. The first kappa shape index (κ1) is 12.9. The van der Waals surface area contributed by atoms with Gasteiger partial charge >= 0.3 is 0 Å². The zero-order chi connectivity index (χ0) is 12.1. The van der Waals surface area contributed by atoms with E-state index in [-0.39, 0.29) is 0 Å². The lowest BCUT2D eigenvalue weighted by molar-refractivity contribution is 0.252. The number of hydrogen-bond acceptors (Lipinski definition) is 3. The fourth-order valence-electron chi connectivity index (χ4n) is 2.12. The molecule has 17 heavy (non-hydrogen) atoms. The van der Waals surface area contributed by atoms with E-state index >= 15 is 0 Å². The molecule has 0 fully saturated rings. The maximum absolute atomic E-state index is 5.66. The van der Waals surface area contributed by atoms with Crippen LogP contribution >= 0.6 is 15.9 Å². The van der Waals surface area contributed by atoms with E-state index in [2.05, 4.69) is 27.3 Å². The zero-order valence-corrected chi connectivity index (χ0v) is 11.5. The number of nitrogens with two attached hydrogens (primary N) is 1. The molecular formula is C13H19BrN2O. The van der Waals surface area contributed by atoms with Crippen LogP contribution in [0, 0.1) is 0 Å². The first-order valence-electron chi connectivity index (χ1n) is 6.17. The topological polar surface area (TPSA) is 47.3 Å². The summed E-state index contributed by atoms with van der Waals surface area (Å²) in [6.45, 7) is 2.59. The number of fused-ring (bicyclic) bond motifs is 1. The summed E-state index contributed by atoms with van der Waals surface area (Å²) in [4.78, 5) is 0. The van der Waals surface area contributed by atoms with Crippen LogP contribution in [0.2, 0.25) is 0 Å². The second kappa shape index (κ2) is 6.38. The first-order chi connectivity index (χ1) is 8.31. The maximum Gasteiger partial charge on any atom is 0.124 e. The quantitative estimate of drug-likeness (QED) is 0.822. The molecule has 94 valence electrons. The molecule has 2 rings (SSSR count). The Labute approximate surface area is 111 Å². The number of unbranched alkanes of at least 4 members (excludes halogenated alkanes) is 1. The Balaban J connectivity index is 1.98. The predicted octanol–water partition coefficient (Wildman–Crippen LogP) is 2.60. The summed E-state index contributed by atoms with van der Waals surface area (Å²) >= 11 is 3.51. The summed E-state index contributed by atoms with van der Waals surface area (Å²) in [6, 6.07) is 6.62. The third-order valence-corrected chi connectivity index (χ3v) is 3.53. The van der Waals surface area contributed by atoms with Crippen molar-refractivity contribution in [3.05, 3.63) is 28.2 Å². The largest absolute Gasteiger partial charge is 0.493 e. The second-order valence-corrected chi connectivity index (χ2v) is 5.24. The van der Waals surface area contributed by atoms with Crippen molar-refractivity contribution >= 4 is 15.9 Å². The van der Waals surface area contributed by atoms with Gasteiger partial charge in [-0.25, -0.2) is 0 Å². The number of rotatable bonds is 5. The van der Waals surface area contributed by atoms with Crippen molar-refractivity contribution in [3.8, 4) is 5.75 Å². The van der Waals surface area contributed by atoms with Crippen molar-refractivity contribution in [3.63, 3.8) is 0 Å². The van der Waals surface area contributed by atoms with Gasteiger partial charge in [-0.2, -0.15) is 0 Å². The minimum absolute atomic E-state index is 0.411. The van der Waals surface area contributed by atoms with Gasteiger partial charge in [-0.1, -0.05) is 15.9 Å². The van der Waals surface area contributed by atoms with Gasteiger partial charge in [0.25, 0.3) is 0 Å². The molecule has 1 heterocycles. The third-order valence-electron chi connectivity index (χ3n) is 3.03. The molecule has 1 unspecified atom stereocenters. The van der Waals surface area contributed by atoms with Gasteiger partial charge < -0.3 is 15.8 Å². The molecule has 0 aromatic heterocycles. The lowest BCUT2D eigenvalue weighted by Gasteiger charge is -2.27. The van der Waals surface area contributed by atoms with Crippen molar-refractivity contribution in [2.24, 2.45) is 5.73 Å². The average molecular weight is 299 g/mol. The Morgan fingerprint density at radius 2 is 2.29 bits per heavy atom. The van der Waals surface area contributed by atoms with Gasteiger partial charge in [-0.3, -0.25) is 0 Å². The molecule has 3 N–H and O–H groups in total. The van der Waals surface area contributed by atoms with E-state index in [4.69, 9.17) is 10.5 Å². The van der Waals surface area contributed by atoms with Crippen molar-refractivity contribution in [1.29, 1.82) is 0 Å². The van der Waals surface area contributed by atoms with Crippen molar-refractivity contribution in [1.82, 2.24) is 5.32 Å². The minimum atomic E-state index is 0.411. The van der Waals surface area contributed by atoms with Gasteiger partial charge in [-0.05, 0) is 44.1 Å². The van der Waals surface area contributed by atoms with Crippen molar-refractivity contribution < 1.29 is 4.74 Å². The van der Waals surface area contributed by atoms with E-state index in [1.165, 1.54) is 5.56 Å². The molecule has 1 aliphatic heterocycles. The van der Waals surface area contributed by atoms with Crippen LogP contribution in [0.25, 0.3) is 0 Å². The highest BCUT2D eigenvalue weighted by Crippen LogP contribution is 2.33. The summed E-state index contributed by atoms with van der Waals surface area (Å²) in [7, 11) is 0. The smallest absolute Gasteiger partial charge is 0.124 e. The number of benzene rings is 1. The van der Waals surface area contributed by atoms with Gasteiger partial charge in [0.2, 0.25) is 0 Å². The van der Waals surface area contributed by atoms with Gasteiger partial charge in [0, 0.05) is 22.5 Å². The molecule has 0 bridgehead atoms. The fraction of sp³-hybridized carbons (Fsp3) is 0.538. The standard InChI is InChI=1S/C13H19BrN2O/c14-10-3-4-13-11(9-10)12(5-8-17-13)16-7-2-1-6-15/h3-4,9,12,16H,1-2,5-8,15H2. The molecule has 0 saturated heterocycles. The molecule has 0 spiro atoms. The first-order valence-corrected chi connectivity index (χ1v) is 6.96. The van der Waals surface area contributed by atoms with Gasteiger partial charge in [0.05, 0.1) is 6.61 Å². The highest BCUT2D eigenvalue weighted by Gasteiger charge is 2.20. The lowest BCUT2D eigenvalue weighted by atomic mass is 10.0. The van der Waals surface area contributed by atoms with Gasteiger partial charge in [-0.15, -0.1) is 0 Å². The van der Waals surface area contributed by atoms with E-state index in [0.717, 1.165) is 49.2 Å². The molecule has 1 aromatic rings. The Hall–Kier alpha value is -0.580. The highest BCUT2D eigenvalue weighted by molar-refractivity contribution is 9.10. The number of ether oxygens (including phenoxy) is 1. The number of hydrogen-bond donors (Lipinski definition) is 2. The monoisotopic (exact) mass is 298 g/mol. The molecule has 0 radical (unpaired) electrons. The van der Waals surface area contributed by atoms with Crippen LogP contribution in [0.3, 0.4) is 0 Å². The predicted molar refractivity (Wildman–Crippen MR) is 73.3 cm³/mol.